The normalized spacial score (nSPS) is 12.6. The number of H-pyrrole nitrogens is 1. The number of hydrogen-bond acceptors (Lipinski definition) is 4. The van der Waals surface area contributed by atoms with E-state index in [1.807, 2.05) is 19.1 Å². The third kappa shape index (κ3) is 5.45. The molecule has 0 saturated carbocycles. The van der Waals surface area contributed by atoms with Crippen LogP contribution >= 0.6 is 0 Å². The minimum Gasteiger partial charge on any atom is -0.497 e. The molecule has 0 fully saturated rings. The molecule has 0 spiro atoms. The van der Waals surface area contributed by atoms with Crippen molar-refractivity contribution in [1.29, 1.82) is 0 Å². The van der Waals surface area contributed by atoms with Gasteiger partial charge in [0, 0.05) is 36.3 Å². The molecule has 0 amide bonds. The summed E-state index contributed by atoms with van der Waals surface area (Å²) in [7, 11) is 3.17. The van der Waals surface area contributed by atoms with Crippen LogP contribution in [0.25, 0.3) is 10.9 Å². The van der Waals surface area contributed by atoms with E-state index < -0.39 is 6.10 Å². The van der Waals surface area contributed by atoms with E-state index in [1.54, 1.807) is 32.4 Å². The first-order chi connectivity index (χ1) is 14.6. The number of aliphatic hydroxyl groups excluding tert-OH is 1. The van der Waals surface area contributed by atoms with Gasteiger partial charge in [-0.1, -0.05) is 18.2 Å². The number of para-hydroxylation sites is 1. The zero-order chi connectivity index (χ0) is 21.3. The van der Waals surface area contributed by atoms with Gasteiger partial charge in [0.2, 0.25) is 0 Å². The lowest BCUT2D eigenvalue weighted by molar-refractivity contribution is 0.186. The van der Waals surface area contributed by atoms with E-state index in [1.165, 1.54) is 10.9 Å². The summed E-state index contributed by atoms with van der Waals surface area (Å²) in [6.07, 6.45) is 2.15. The highest BCUT2D eigenvalue weighted by Gasteiger charge is 2.11. The Morgan fingerprint density at radius 2 is 1.83 bits per heavy atom. The molecule has 0 bridgehead atoms. The second-order valence-electron chi connectivity index (χ2n) is 6.92. The van der Waals surface area contributed by atoms with Crippen molar-refractivity contribution in [2.24, 2.45) is 4.99 Å². The molecule has 2 aromatic carbocycles. The number of guanidine groups is 1. The average Bonchev–Trinajstić information content (AvgIpc) is 3.20. The number of nitrogens with one attached hydrogen (secondary N) is 3. The Morgan fingerprint density at radius 3 is 2.53 bits per heavy atom. The standard InChI is InChI=1S/C23H30N4O3/c1-4-24-23(25-10-9-16-14-26-21-8-6-5-7-20(16)21)27-15-22(28)17-11-18(29-2)13-19(12-17)30-3/h5-8,11-14,22,26,28H,4,9-10,15H2,1-3H3,(H2,24,25,27). The quantitative estimate of drug-likeness (QED) is 0.322. The summed E-state index contributed by atoms with van der Waals surface area (Å²) < 4.78 is 10.6. The summed E-state index contributed by atoms with van der Waals surface area (Å²) in [4.78, 5) is 7.84. The van der Waals surface area contributed by atoms with Gasteiger partial charge < -0.3 is 30.2 Å². The van der Waals surface area contributed by atoms with Crippen LogP contribution in [0.5, 0.6) is 11.5 Å². The summed E-state index contributed by atoms with van der Waals surface area (Å²) in [5, 5.41) is 18.4. The van der Waals surface area contributed by atoms with Crippen molar-refractivity contribution in [3.05, 3.63) is 59.8 Å². The highest BCUT2D eigenvalue weighted by Crippen LogP contribution is 2.26. The molecule has 30 heavy (non-hydrogen) atoms. The molecule has 1 unspecified atom stereocenters. The molecule has 0 aliphatic carbocycles. The van der Waals surface area contributed by atoms with Crippen molar-refractivity contribution in [2.45, 2.75) is 19.4 Å². The van der Waals surface area contributed by atoms with Crippen LogP contribution in [0.2, 0.25) is 0 Å². The fraction of sp³-hybridized carbons (Fsp3) is 0.348. The van der Waals surface area contributed by atoms with Crippen LogP contribution in [0.15, 0.2) is 53.7 Å². The molecule has 1 aromatic heterocycles. The first kappa shape index (κ1) is 21.5. The van der Waals surface area contributed by atoms with E-state index in [2.05, 4.69) is 38.9 Å². The van der Waals surface area contributed by atoms with Crippen molar-refractivity contribution < 1.29 is 14.6 Å². The van der Waals surface area contributed by atoms with Crippen molar-refractivity contribution in [2.75, 3.05) is 33.9 Å². The Kier molecular flexibility index (Phi) is 7.57. The van der Waals surface area contributed by atoms with Crippen molar-refractivity contribution in [3.63, 3.8) is 0 Å². The molecule has 7 heteroatoms. The SMILES string of the molecule is CCNC(=NCC(O)c1cc(OC)cc(OC)c1)NCCc1c[nH]c2ccccc12. The van der Waals surface area contributed by atoms with Gasteiger partial charge in [0.05, 0.1) is 26.9 Å². The smallest absolute Gasteiger partial charge is 0.191 e. The van der Waals surface area contributed by atoms with Crippen LogP contribution < -0.4 is 20.1 Å². The first-order valence-electron chi connectivity index (χ1n) is 10.1. The Hall–Kier alpha value is -3.19. The van der Waals surface area contributed by atoms with Gasteiger partial charge in [0.15, 0.2) is 5.96 Å². The molecule has 0 saturated heterocycles. The van der Waals surface area contributed by atoms with Crippen LogP contribution in [0, 0.1) is 0 Å². The maximum Gasteiger partial charge on any atom is 0.191 e. The highest BCUT2D eigenvalue weighted by molar-refractivity contribution is 5.83. The van der Waals surface area contributed by atoms with Crippen molar-refractivity contribution >= 4 is 16.9 Å². The van der Waals surface area contributed by atoms with Gasteiger partial charge in [-0.2, -0.15) is 0 Å². The number of ether oxygens (including phenoxy) is 2. The molecule has 160 valence electrons. The fourth-order valence-corrected chi connectivity index (χ4v) is 3.30. The van der Waals surface area contributed by atoms with Gasteiger partial charge in [-0.3, -0.25) is 4.99 Å². The number of benzene rings is 2. The van der Waals surface area contributed by atoms with E-state index in [4.69, 9.17) is 9.47 Å². The Balaban J connectivity index is 1.61. The second kappa shape index (κ2) is 10.5. The number of methoxy groups -OCH3 is 2. The Labute approximate surface area is 177 Å². The largest absolute Gasteiger partial charge is 0.497 e. The molecule has 0 aliphatic heterocycles. The Morgan fingerprint density at radius 1 is 1.10 bits per heavy atom. The molecule has 4 N–H and O–H groups in total. The molecule has 7 nitrogen and oxygen atoms in total. The summed E-state index contributed by atoms with van der Waals surface area (Å²) >= 11 is 0. The van der Waals surface area contributed by atoms with E-state index in [-0.39, 0.29) is 6.54 Å². The van der Waals surface area contributed by atoms with Gasteiger partial charge in [0.25, 0.3) is 0 Å². The number of aromatic amines is 1. The highest BCUT2D eigenvalue weighted by atomic mass is 16.5. The van der Waals surface area contributed by atoms with E-state index in [0.29, 0.717) is 23.0 Å². The zero-order valence-corrected chi connectivity index (χ0v) is 17.7. The van der Waals surface area contributed by atoms with Gasteiger partial charge >= 0.3 is 0 Å². The van der Waals surface area contributed by atoms with Gasteiger partial charge in [-0.05, 0) is 42.7 Å². The fourth-order valence-electron chi connectivity index (χ4n) is 3.30. The number of aliphatic imine (C=N–C) groups is 1. The summed E-state index contributed by atoms with van der Waals surface area (Å²) in [6.45, 7) is 3.71. The minimum atomic E-state index is -0.766. The third-order valence-corrected chi connectivity index (χ3v) is 4.89. The maximum atomic E-state index is 10.6. The molecular formula is C23H30N4O3. The average molecular weight is 411 g/mol. The van der Waals surface area contributed by atoms with Gasteiger partial charge in [-0.25, -0.2) is 0 Å². The molecular weight excluding hydrogens is 380 g/mol. The first-order valence-corrected chi connectivity index (χ1v) is 10.1. The lowest BCUT2D eigenvalue weighted by Crippen LogP contribution is -2.38. The lowest BCUT2D eigenvalue weighted by Gasteiger charge is -2.15. The third-order valence-electron chi connectivity index (χ3n) is 4.89. The van der Waals surface area contributed by atoms with Crippen molar-refractivity contribution in [3.8, 4) is 11.5 Å². The molecule has 1 atom stereocenters. The Bertz CT molecular complexity index is 961. The maximum absolute atomic E-state index is 10.6. The minimum absolute atomic E-state index is 0.221. The van der Waals surface area contributed by atoms with Crippen LogP contribution in [0.1, 0.15) is 24.2 Å². The number of hydrogen-bond donors (Lipinski definition) is 4. The number of aromatic nitrogens is 1. The number of fused-ring (bicyclic) bond motifs is 1. The monoisotopic (exact) mass is 410 g/mol. The number of nitrogens with zero attached hydrogens (tertiary/aromatic N) is 1. The van der Waals surface area contributed by atoms with Gasteiger partial charge in [0.1, 0.15) is 11.5 Å². The van der Waals surface area contributed by atoms with Crippen LogP contribution in [0.4, 0.5) is 0 Å². The van der Waals surface area contributed by atoms with E-state index in [0.717, 1.165) is 25.0 Å². The van der Waals surface area contributed by atoms with Crippen molar-refractivity contribution in [1.82, 2.24) is 15.6 Å². The summed E-state index contributed by atoms with van der Waals surface area (Å²) in [5.41, 5.74) is 3.10. The summed E-state index contributed by atoms with van der Waals surface area (Å²) in [6, 6.07) is 13.6. The predicted molar refractivity (Wildman–Crippen MR) is 120 cm³/mol. The molecule has 0 radical (unpaired) electrons. The molecule has 1 heterocycles. The molecule has 3 aromatic rings. The summed E-state index contributed by atoms with van der Waals surface area (Å²) in [5.74, 6) is 1.94. The predicted octanol–water partition coefficient (Wildman–Crippen LogP) is 3.02. The topological polar surface area (TPSA) is 90.9 Å². The van der Waals surface area contributed by atoms with Gasteiger partial charge in [-0.15, -0.1) is 0 Å². The van der Waals surface area contributed by atoms with Crippen LogP contribution in [-0.4, -0.2) is 49.9 Å². The van der Waals surface area contributed by atoms with Crippen LogP contribution in [-0.2, 0) is 6.42 Å². The molecule has 3 rings (SSSR count). The van der Waals surface area contributed by atoms with E-state index >= 15 is 0 Å². The lowest BCUT2D eigenvalue weighted by atomic mass is 10.1. The van der Waals surface area contributed by atoms with E-state index in [9.17, 15) is 5.11 Å². The second-order valence-corrected chi connectivity index (χ2v) is 6.92. The zero-order valence-electron chi connectivity index (χ0n) is 17.7. The van der Waals surface area contributed by atoms with Crippen LogP contribution in [0.3, 0.4) is 0 Å². The number of rotatable bonds is 9. The number of aliphatic hydroxyl groups is 1. The molecule has 0 aliphatic rings.